The Balaban J connectivity index is 1.87. The number of carbonyl (C=O) groups is 1. The number of nitrogens with one attached hydrogen (secondary N) is 1. The van der Waals surface area contributed by atoms with Gasteiger partial charge in [0.05, 0.1) is 17.4 Å². The van der Waals surface area contributed by atoms with E-state index in [-0.39, 0.29) is 5.91 Å². The summed E-state index contributed by atoms with van der Waals surface area (Å²) in [6.45, 7) is 0.609. The molecule has 2 aromatic carbocycles. The third-order valence-corrected chi connectivity index (χ3v) is 3.74. The van der Waals surface area contributed by atoms with Crippen LogP contribution in [0.25, 0.3) is 11.0 Å². The molecule has 3 aromatic rings. The van der Waals surface area contributed by atoms with Crippen LogP contribution in [0.5, 0.6) is 0 Å². The molecule has 3 N–H and O–H groups in total. The van der Waals surface area contributed by atoms with E-state index in [1.165, 1.54) is 0 Å². The monoisotopic (exact) mass is 309 g/mol. The number of amides is 1. The zero-order valence-corrected chi connectivity index (χ0v) is 12.6. The van der Waals surface area contributed by atoms with Crippen molar-refractivity contribution in [1.82, 2.24) is 14.9 Å². The zero-order chi connectivity index (χ0) is 16.4. The van der Waals surface area contributed by atoms with Gasteiger partial charge in [0.2, 0.25) is 0 Å². The van der Waals surface area contributed by atoms with E-state index < -0.39 is 7.12 Å². The molecule has 1 amide bonds. The second-order valence-electron chi connectivity index (χ2n) is 5.27. The summed E-state index contributed by atoms with van der Waals surface area (Å²) in [5.41, 5.74) is 3.74. The maximum Gasteiger partial charge on any atom is 0.488 e. The second kappa shape index (κ2) is 6.24. The van der Waals surface area contributed by atoms with Crippen molar-refractivity contribution in [2.24, 2.45) is 0 Å². The van der Waals surface area contributed by atoms with Crippen molar-refractivity contribution in [2.75, 3.05) is 7.05 Å². The first kappa shape index (κ1) is 15.3. The lowest BCUT2D eigenvalue weighted by atomic mass is 9.80. The fourth-order valence-corrected chi connectivity index (χ4v) is 2.47. The first-order chi connectivity index (χ1) is 11.1. The molecule has 0 aliphatic carbocycles. The number of aromatic nitrogens is 2. The summed E-state index contributed by atoms with van der Waals surface area (Å²) in [5, 5.41) is 20.8. The van der Waals surface area contributed by atoms with Crippen molar-refractivity contribution >= 4 is 29.5 Å². The van der Waals surface area contributed by atoms with Crippen LogP contribution in [0.15, 0.2) is 48.8 Å². The summed E-state index contributed by atoms with van der Waals surface area (Å²) in [6.07, 6.45) is 1.73. The predicted molar refractivity (Wildman–Crippen MR) is 88.5 cm³/mol. The topological polar surface area (TPSA) is 87.4 Å². The van der Waals surface area contributed by atoms with Gasteiger partial charge in [-0.15, -0.1) is 0 Å². The fourth-order valence-electron chi connectivity index (χ4n) is 2.47. The van der Waals surface area contributed by atoms with Gasteiger partial charge in [-0.2, -0.15) is 0 Å². The molecule has 0 radical (unpaired) electrons. The fraction of sp³-hybridized carbons (Fsp3) is 0.125. The van der Waals surface area contributed by atoms with Gasteiger partial charge in [0.1, 0.15) is 0 Å². The van der Waals surface area contributed by atoms with Crippen LogP contribution < -0.4 is 10.8 Å². The summed E-state index contributed by atoms with van der Waals surface area (Å²) >= 11 is 0. The van der Waals surface area contributed by atoms with Gasteiger partial charge in [0.15, 0.2) is 0 Å². The highest BCUT2D eigenvalue weighted by Gasteiger charge is 2.11. The maximum absolute atomic E-state index is 11.7. The molecule has 0 saturated heterocycles. The van der Waals surface area contributed by atoms with Crippen LogP contribution in [0.3, 0.4) is 0 Å². The third-order valence-electron chi connectivity index (χ3n) is 3.74. The van der Waals surface area contributed by atoms with Crippen molar-refractivity contribution in [3.05, 3.63) is 59.9 Å². The standard InChI is InChI=1S/C16H16BN3O3/c1-18-16(21)12-4-7-15-14(8-12)19-10-20(15)9-11-2-5-13(6-3-11)17(22)23/h2-8,10,22-23H,9H2,1H3,(H,18,21). The number of fused-ring (bicyclic) bond motifs is 1. The third kappa shape index (κ3) is 3.11. The number of rotatable bonds is 4. The number of hydrogen-bond donors (Lipinski definition) is 3. The van der Waals surface area contributed by atoms with Crippen molar-refractivity contribution in [2.45, 2.75) is 6.54 Å². The average Bonchev–Trinajstić information content (AvgIpc) is 2.96. The van der Waals surface area contributed by atoms with Crippen molar-refractivity contribution in [3.8, 4) is 0 Å². The number of carbonyl (C=O) groups excluding carboxylic acids is 1. The highest BCUT2D eigenvalue weighted by atomic mass is 16.4. The SMILES string of the molecule is CNC(=O)c1ccc2c(c1)ncn2Cc1ccc(B(O)O)cc1. The van der Waals surface area contributed by atoms with Gasteiger partial charge in [-0.25, -0.2) is 4.98 Å². The lowest BCUT2D eigenvalue weighted by Crippen LogP contribution is -2.29. The lowest BCUT2D eigenvalue weighted by molar-refractivity contribution is 0.0963. The Morgan fingerprint density at radius 1 is 1.22 bits per heavy atom. The van der Waals surface area contributed by atoms with Crippen molar-refractivity contribution < 1.29 is 14.8 Å². The zero-order valence-electron chi connectivity index (χ0n) is 12.6. The van der Waals surface area contributed by atoms with Crippen molar-refractivity contribution in [3.63, 3.8) is 0 Å². The minimum Gasteiger partial charge on any atom is -0.423 e. The molecular formula is C16H16BN3O3. The molecule has 0 spiro atoms. The van der Waals surface area contributed by atoms with Gasteiger partial charge in [-0.05, 0) is 29.2 Å². The Morgan fingerprint density at radius 3 is 2.61 bits per heavy atom. The van der Waals surface area contributed by atoms with E-state index in [0.717, 1.165) is 16.6 Å². The van der Waals surface area contributed by atoms with E-state index in [9.17, 15) is 4.79 Å². The molecule has 0 fully saturated rings. The highest BCUT2D eigenvalue weighted by molar-refractivity contribution is 6.58. The predicted octanol–water partition coefficient (Wildman–Crippen LogP) is 0.124. The number of nitrogens with zero attached hydrogens (tertiary/aromatic N) is 2. The van der Waals surface area contributed by atoms with E-state index in [2.05, 4.69) is 10.3 Å². The average molecular weight is 309 g/mol. The van der Waals surface area contributed by atoms with Crippen LogP contribution in [0.4, 0.5) is 0 Å². The highest BCUT2D eigenvalue weighted by Crippen LogP contribution is 2.16. The molecule has 0 unspecified atom stereocenters. The minimum atomic E-state index is -1.46. The molecule has 3 rings (SSSR count). The van der Waals surface area contributed by atoms with Gasteiger partial charge in [-0.3, -0.25) is 4.79 Å². The molecule has 0 atom stereocenters. The summed E-state index contributed by atoms with van der Waals surface area (Å²) in [4.78, 5) is 16.0. The first-order valence-electron chi connectivity index (χ1n) is 7.20. The molecular weight excluding hydrogens is 293 g/mol. The van der Waals surface area contributed by atoms with Crippen LogP contribution >= 0.6 is 0 Å². The molecule has 23 heavy (non-hydrogen) atoms. The Kier molecular flexibility index (Phi) is 4.14. The molecule has 1 aromatic heterocycles. The van der Waals surface area contributed by atoms with E-state index in [1.807, 2.05) is 22.8 Å². The molecule has 0 aliphatic heterocycles. The molecule has 0 aliphatic rings. The molecule has 0 saturated carbocycles. The maximum atomic E-state index is 11.7. The van der Waals surface area contributed by atoms with Crippen LogP contribution in [0, 0.1) is 0 Å². The molecule has 1 heterocycles. The van der Waals surface area contributed by atoms with Gasteiger partial charge < -0.3 is 19.9 Å². The van der Waals surface area contributed by atoms with Gasteiger partial charge in [0.25, 0.3) is 5.91 Å². The number of benzene rings is 2. The Hall–Kier alpha value is -2.64. The van der Waals surface area contributed by atoms with E-state index >= 15 is 0 Å². The Bertz CT molecular complexity index is 843. The smallest absolute Gasteiger partial charge is 0.423 e. The number of imidazole rings is 1. The van der Waals surface area contributed by atoms with Crippen LogP contribution in [-0.2, 0) is 6.54 Å². The van der Waals surface area contributed by atoms with Gasteiger partial charge in [0, 0.05) is 19.2 Å². The van der Waals surface area contributed by atoms with E-state index in [4.69, 9.17) is 10.0 Å². The van der Waals surface area contributed by atoms with Gasteiger partial charge in [-0.1, -0.05) is 24.3 Å². The first-order valence-corrected chi connectivity index (χ1v) is 7.20. The van der Waals surface area contributed by atoms with E-state index in [1.54, 1.807) is 37.6 Å². The van der Waals surface area contributed by atoms with Crippen LogP contribution in [-0.4, -0.2) is 39.7 Å². The summed E-state index contributed by atoms with van der Waals surface area (Å²) in [6, 6.07) is 12.5. The number of hydrogen-bond acceptors (Lipinski definition) is 4. The van der Waals surface area contributed by atoms with Crippen LogP contribution in [0.2, 0.25) is 0 Å². The Morgan fingerprint density at radius 2 is 1.96 bits per heavy atom. The summed E-state index contributed by atoms with van der Waals surface area (Å²) in [5.74, 6) is -0.139. The largest absolute Gasteiger partial charge is 0.488 e. The minimum absolute atomic E-state index is 0.139. The normalized spacial score (nSPS) is 10.7. The van der Waals surface area contributed by atoms with Gasteiger partial charge >= 0.3 is 7.12 Å². The van der Waals surface area contributed by atoms with Crippen LogP contribution in [0.1, 0.15) is 15.9 Å². The second-order valence-corrected chi connectivity index (χ2v) is 5.27. The molecule has 116 valence electrons. The summed E-state index contributed by atoms with van der Waals surface area (Å²) < 4.78 is 1.98. The quantitative estimate of drug-likeness (QED) is 0.598. The van der Waals surface area contributed by atoms with Crippen molar-refractivity contribution in [1.29, 1.82) is 0 Å². The lowest BCUT2D eigenvalue weighted by Gasteiger charge is -2.06. The van der Waals surface area contributed by atoms with E-state index in [0.29, 0.717) is 17.6 Å². The molecule has 7 heteroatoms. The summed E-state index contributed by atoms with van der Waals surface area (Å²) in [7, 11) is 0.138. The molecule has 0 bridgehead atoms. The Labute approximate surface area is 133 Å². The molecule has 6 nitrogen and oxygen atoms in total.